The van der Waals surface area contributed by atoms with E-state index in [1.54, 1.807) is 0 Å². The lowest BCUT2D eigenvalue weighted by atomic mass is 9.80. The molecule has 2 bridgehead atoms. The maximum atomic E-state index is 13.7. The van der Waals surface area contributed by atoms with Gasteiger partial charge in [-0.3, -0.25) is 4.79 Å². The zero-order valence-corrected chi connectivity index (χ0v) is 20.4. The van der Waals surface area contributed by atoms with E-state index >= 15 is 0 Å². The van der Waals surface area contributed by atoms with Crippen LogP contribution < -0.4 is 0 Å². The fourth-order valence-corrected chi connectivity index (χ4v) is 6.58. The van der Waals surface area contributed by atoms with E-state index in [9.17, 15) is 9.59 Å². The van der Waals surface area contributed by atoms with Crippen LogP contribution in [0, 0.1) is 5.92 Å². The average Bonchev–Trinajstić information content (AvgIpc) is 3.28. The van der Waals surface area contributed by atoms with Crippen LogP contribution in [0.5, 0.6) is 0 Å². The number of rotatable bonds is 4. The van der Waals surface area contributed by atoms with Crippen molar-refractivity contribution in [1.29, 1.82) is 0 Å². The number of hydrogen-bond donors (Lipinski definition) is 0. The zero-order chi connectivity index (χ0) is 24.2. The first kappa shape index (κ1) is 22.1. The van der Waals surface area contributed by atoms with Crippen molar-refractivity contribution < 1.29 is 14.3 Å². The van der Waals surface area contributed by atoms with Crippen molar-refractivity contribution >= 4 is 11.9 Å². The largest absolute Gasteiger partial charge is 0.445 e. The van der Waals surface area contributed by atoms with Gasteiger partial charge in [0.2, 0.25) is 0 Å². The van der Waals surface area contributed by atoms with Crippen molar-refractivity contribution in [3.05, 3.63) is 95.1 Å². The van der Waals surface area contributed by atoms with E-state index in [0.29, 0.717) is 0 Å². The molecule has 178 valence electrons. The number of carbonyl (C=O) groups excluding carboxylic acids is 2. The summed E-state index contributed by atoms with van der Waals surface area (Å²) in [5.41, 5.74) is 6.72. The molecule has 0 N–H and O–H groups in total. The normalized spacial score (nSPS) is 23.5. The Hall–Kier alpha value is -3.40. The van der Waals surface area contributed by atoms with Crippen LogP contribution in [-0.2, 0) is 16.8 Å². The summed E-state index contributed by atoms with van der Waals surface area (Å²) in [5, 5.41) is 0. The van der Waals surface area contributed by atoms with Crippen LogP contribution >= 0.6 is 0 Å². The Morgan fingerprint density at radius 2 is 1.51 bits per heavy atom. The lowest BCUT2D eigenvalue weighted by molar-refractivity contribution is 0.0485. The number of fused-ring (bicyclic) bond motifs is 5. The van der Waals surface area contributed by atoms with Gasteiger partial charge >= 0.3 is 6.09 Å². The van der Waals surface area contributed by atoms with Crippen LogP contribution in [0.15, 0.2) is 72.8 Å². The fourth-order valence-electron chi connectivity index (χ4n) is 6.58. The number of carbonyl (C=O) groups is 2. The van der Waals surface area contributed by atoms with E-state index in [4.69, 9.17) is 4.74 Å². The molecule has 6 rings (SSSR count). The average molecular weight is 466 g/mol. The van der Waals surface area contributed by atoms with Gasteiger partial charge < -0.3 is 9.64 Å². The van der Waals surface area contributed by atoms with E-state index < -0.39 is 0 Å². The van der Waals surface area contributed by atoms with Gasteiger partial charge in [0.25, 0.3) is 0 Å². The van der Waals surface area contributed by atoms with Gasteiger partial charge in [0, 0.05) is 29.0 Å². The summed E-state index contributed by atoms with van der Waals surface area (Å²) in [4.78, 5) is 28.5. The first-order chi connectivity index (χ1) is 16.9. The molecule has 0 aromatic heterocycles. The maximum absolute atomic E-state index is 13.7. The molecule has 2 saturated heterocycles. The SMILES string of the molecule is CC1(C)c2ccccc2-c2ccc(C(=O)C3CC4CCC(C3)N4C(=O)OCc3ccccc3)cc21. The number of nitrogens with zero attached hydrogens (tertiary/aromatic N) is 1. The maximum Gasteiger partial charge on any atom is 0.410 e. The number of hydrogen-bond acceptors (Lipinski definition) is 3. The molecule has 3 aliphatic rings. The second kappa shape index (κ2) is 8.37. The number of Topliss-reactive ketones (excluding diaryl/α,β-unsaturated/α-hetero) is 1. The van der Waals surface area contributed by atoms with Gasteiger partial charge in [0.15, 0.2) is 5.78 Å². The standard InChI is InChI=1S/C31H31NO3/c1-31(2)27-11-7-6-10-25(27)26-15-12-21(18-28(26)31)29(33)22-16-23-13-14-24(17-22)32(23)30(34)35-19-20-8-4-3-5-9-20/h3-12,15,18,22-24H,13-14,16-17,19H2,1-2H3. The summed E-state index contributed by atoms with van der Waals surface area (Å²) in [6, 6.07) is 24.7. The fraction of sp³-hybridized carbons (Fsp3) is 0.355. The summed E-state index contributed by atoms with van der Waals surface area (Å²) in [5.74, 6) is 0.171. The molecule has 3 aromatic carbocycles. The number of amides is 1. The number of ketones is 1. The minimum absolute atomic E-state index is 0.0457. The van der Waals surface area contributed by atoms with Crippen molar-refractivity contribution in [2.75, 3.05) is 0 Å². The summed E-state index contributed by atoms with van der Waals surface area (Å²) < 4.78 is 5.63. The molecule has 2 fully saturated rings. The van der Waals surface area contributed by atoms with Crippen molar-refractivity contribution in [3.8, 4) is 11.1 Å². The Kier molecular flexibility index (Phi) is 5.28. The highest BCUT2D eigenvalue weighted by atomic mass is 16.6. The molecule has 0 saturated carbocycles. The van der Waals surface area contributed by atoms with Gasteiger partial charge in [-0.1, -0.05) is 80.6 Å². The molecule has 2 heterocycles. The summed E-state index contributed by atoms with van der Waals surface area (Å²) >= 11 is 0. The zero-order valence-electron chi connectivity index (χ0n) is 20.4. The van der Waals surface area contributed by atoms with Gasteiger partial charge in [-0.05, 0) is 59.6 Å². The lowest BCUT2D eigenvalue weighted by Gasteiger charge is -2.37. The van der Waals surface area contributed by atoms with Crippen molar-refractivity contribution in [2.24, 2.45) is 5.92 Å². The molecule has 35 heavy (non-hydrogen) atoms. The summed E-state index contributed by atoms with van der Waals surface area (Å²) in [7, 11) is 0. The van der Waals surface area contributed by atoms with E-state index in [0.717, 1.165) is 36.8 Å². The molecule has 4 nitrogen and oxygen atoms in total. The Bertz CT molecular complexity index is 1280. The minimum Gasteiger partial charge on any atom is -0.445 e. The first-order valence-corrected chi connectivity index (χ1v) is 12.7. The van der Waals surface area contributed by atoms with E-state index in [1.165, 1.54) is 22.3 Å². The van der Waals surface area contributed by atoms with Gasteiger partial charge in [-0.2, -0.15) is 0 Å². The molecule has 3 aromatic rings. The smallest absolute Gasteiger partial charge is 0.410 e. The van der Waals surface area contributed by atoms with Crippen molar-refractivity contribution in [2.45, 2.75) is 63.6 Å². The quantitative estimate of drug-likeness (QED) is 0.400. The third-order valence-electron chi connectivity index (χ3n) is 8.39. The van der Waals surface area contributed by atoms with Crippen LogP contribution in [-0.4, -0.2) is 28.9 Å². The van der Waals surface area contributed by atoms with Crippen LogP contribution in [0.1, 0.15) is 66.6 Å². The second-order valence-electron chi connectivity index (χ2n) is 10.8. The number of piperidine rings is 1. The van der Waals surface area contributed by atoms with Crippen LogP contribution in [0.2, 0.25) is 0 Å². The van der Waals surface area contributed by atoms with E-state index in [-0.39, 0.29) is 41.9 Å². The third-order valence-corrected chi connectivity index (χ3v) is 8.39. The highest BCUT2D eigenvalue weighted by Gasteiger charge is 2.46. The molecule has 0 radical (unpaired) electrons. The van der Waals surface area contributed by atoms with Gasteiger partial charge in [-0.15, -0.1) is 0 Å². The Morgan fingerprint density at radius 1 is 0.857 bits per heavy atom. The Morgan fingerprint density at radius 3 is 2.26 bits per heavy atom. The number of ether oxygens (including phenoxy) is 1. The van der Waals surface area contributed by atoms with Gasteiger partial charge in [0.1, 0.15) is 6.61 Å². The molecule has 0 spiro atoms. The monoisotopic (exact) mass is 465 g/mol. The first-order valence-electron chi connectivity index (χ1n) is 12.7. The molecule has 1 aliphatic carbocycles. The molecular formula is C31H31NO3. The molecule has 2 atom stereocenters. The molecular weight excluding hydrogens is 434 g/mol. The van der Waals surface area contributed by atoms with Crippen LogP contribution in [0.25, 0.3) is 11.1 Å². The van der Waals surface area contributed by atoms with Crippen LogP contribution in [0.3, 0.4) is 0 Å². The molecule has 4 heteroatoms. The minimum atomic E-state index is -0.246. The lowest BCUT2D eigenvalue weighted by Crippen LogP contribution is -2.48. The molecule has 1 amide bonds. The van der Waals surface area contributed by atoms with Crippen LogP contribution in [0.4, 0.5) is 4.79 Å². The molecule has 2 unspecified atom stereocenters. The van der Waals surface area contributed by atoms with E-state index in [2.05, 4.69) is 50.2 Å². The van der Waals surface area contributed by atoms with E-state index in [1.807, 2.05) is 41.3 Å². The third kappa shape index (κ3) is 3.67. The van der Waals surface area contributed by atoms with Crippen molar-refractivity contribution in [1.82, 2.24) is 4.90 Å². The highest BCUT2D eigenvalue weighted by Crippen LogP contribution is 2.49. The predicted molar refractivity (Wildman–Crippen MR) is 136 cm³/mol. The second-order valence-corrected chi connectivity index (χ2v) is 10.8. The Labute approximate surface area is 206 Å². The predicted octanol–water partition coefficient (Wildman–Crippen LogP) is 6.76. The topological polar surface area (TPSA) is 46.6 Å². The summed E-state index contributed by atoms with van der Waals surface area (Å²) in [6.07, 6.45) is 3.08. The van der Waals surface area contributed by atoms with Crippen molar-refractivity contribution in [3.63, 3.8) is 0 Å². The molecule has 2 aliphatic heterocycles. The summed E-state index contributed by atoms with van der Waals surface area (Å²) in [6.45, 7) is 4.77. The van der Waals surface area contributed by atoms with Gasteiger partial charge in [0.05, 0.1) is 0 Å². The number of benzene rings is 3. The Balaban J connectivity index is 1.17. The highest BCUT2D eigenvalue weighted by molar-refractivity contribution is 5.99. The van der Waals surface area contributed by atoms with Gasteiger partial charge in [-0.25, -0.2) is 4.79 Å².